The molecular formula is C24H37IN4O3. The van der Waals surface area contributed by atoms with E-state index in [9.17, 15) is 0 Å². The molecule has 1 unspecified atom stereocenters. The molecule has 0 saturated carbocycles. The molecule has 1 aromatic heterocycles. The number of rotatable bonds is 12. The molecule has 178 valence electrons. The third kappa shape index (κ3) is 10.3. The van der Waals surface area contributed by atoms with Gasteiger partial charge in [0.2, 0.25) is 0 Å². The Morgan fingerprint density at radius 3 is 2.62 bits per heavy atom. The maximum atomic E-state index is 5.96. The van der Waals surface area contributed by atoms with Gasteiger partial charge in [-0.2, -0.15) is 0 Å². The Labute approximate surface area is 209 Å². The molecule has 1 saturated heterocycles. The van der Waals surface area contributed by atoms with E-state index in [0.717, 1.165) is 77.0 Å². The number of benzene rings is 1. The van der Waals surface area contributed by atoms with Crippen molar-refractivity contribution in [1.29, 1.82) is 0 Å². The van der Waals surface area contributed by atoms with Crippen LogP contribution in [-0.4, -0.2) is 69.9 Å². The molecule has 0 aliphatic carbocycles. The average Bonchev–Trinajstić information content (AvgIpc) is 3.33. The summed E-state index contributed by atoms with van der Waals surface area (Å²) in [4.78, 5) is 7.15. The van der Waals surface area contributed by atoms with Crippen molar-refractivity contribution in [1.82, 2.24) is 15.5 Å². The second kappa shape index (κ2) is 16.1. The fraction of sp³-hybridized carbons (Fsp3) is 0.542. The molecule has 0 amide bonds. The summed E-state index contributed by atoms with van der Waals surface area (Å²) >= 11 is 0. The number of halogens is 1. The second-order valence-corrected chi connectivity index (χ2v) is 7.64. The topological polar surface area (TPSA) is 71.3 Å². The van der Waals surface area contributed by atoms with Gasteiger partial charge in [0.15, 0.2) is 5.96 Å². The minimum Gasteiger partial charge on any atom is -0.469 e. The largest absolute Gasteiger partial charge is 0.469 e. The van der Waals surface area contributed by atoms with Crippen LogP contribution in [0, 0.1) is 0 Å². The summed E-state index contributed by atoms with van der Waals surface area (Å²) in [6, 6.07) is 14.2. The van der Waals surface area contributed by atoms with Crippen LogP contribution in [0.4, 0.5) is 0 Å². The molecule has 7 nitrogen and oxygen atoms in total. The molecule has 2 N–H and O–H groups in total. The van der Waals surface area contributed by atoms with Crippen molar-refractivity contribution < 1.29 is 13.9 Å². The van der Waals surface area contributed by atoms with Crippen LogP contribution in [0.25, 0.3) is 0 Å². The number of hydrogen-bond acceptors (Lipinski definition) is 5. The Morgan fingerprint density at radius 1 is 1.09 bits per heavy atom. The molecule has 8 heteroatoms. The van der Waals surface area contributed by atoms with Crippen LogP contribution in [-0.2, 0) is 15.9 Å². The third-order valence-corrected chi connectivity index (χ3v) is 5.28. The van der Waals surface area contributed by atoms with Crippen molar-refractivity contribution in [3.05, 3.63) is 60.1 Å². The van der Waals surface area contributed by atoms with Crippen molar-refractivity contribution in [3.63, 3.8) is 0 Å². The van der Waals surface area contributed by atoms with Crippen molar-refractivity contribution in [2.24, 2.45) is 4.99 Å². The standard InChI is InChI=1S/C24H36N4O3.HI/c1-21(22-7-3-2-4-8-22)30-18-6-11-25-24(26-12-10-23-9-5-17-31-23)27-13-14-28-15-19-29-20-16-28;/h2-5,7-9,17,21H,6,10-16,18-20H2,1H3,(H2,25,26,27);1H. The third-order valence-electron chi connectivity index (χ3n) is 5.28. The van der Waals surface area contributed by atoms with Crippen molar-refractivity contribution in [3.8, 4) is 0 Å². The van der Waals surface area contributed by atoms with Gasteiger partial charge in [0.05, 0.1) is 25.6 Å². The zero-order valence-electron chi connectivity index (χ0n) is 19.0. The van der Waals surface area contributed by atoms with E-state index < -0.39 is 0 Å². The Balaban J connectivity index is 0.00000363. The number of guanidine groups is 1. The number of ether oxygens (including phenoxy) is 2. The molecule has 1 fully saturated rings. The first-order valence-electron chi connectivity index (χ1n) is 11.3. The molecular weight excluding hydrogens is 519 g/mol. The summed E-state index contributed by atoms with van der Waals surface area (Å²) in [6.45, 7) is 9.75. The molecule has 32 heavy (non-hydrogen) atoms. The van der Waals surface area contributed by atoms with Gasteiger partial charge in [0.1, 0.15) is 5.76 Å². The summed E-state index contributed by atoms with van der Waals surface area (Å²) in [5, 5.41) is 6.87. The fourth-order valence-corrected chi connectivity index (χ4v) is 3.43. The van der Waals surface area contributed by atoms with Crippen LogP contribution >= 0.6 is 24.0 Å². The smallest absolute Gasteiger partial charge is 0.191 e. The van der Waals surface area contributed by atoms with Crippen LogP contribution in [0.5, 0.6) is 0 Å². The first-order chi connectivity index (χ1) is 15.3. The number of nitrogens with one attached hydrogen (secondary N) is 2. The van der Waals surface area contributed by atoms with Gasteiger partial charge < -0.3 is 24.5 Å². The van der Waals surface area contributed by atoms with E-state index in [1.165, 1.54) is 5.56 Å². The van der Waals surface area contributed by atoms with Crippen LogP contribution in [0.15, 0.2) is 58.1 Å². The van der Waals surface area contributed by atoms with Gasteiger partial charge in [-0.15, -0.1) is 24.0 Å². The normalized spacial score (nSPS) is 15.7. The number of furan rings is 1. The Kier molecular flexibility index (Phi) is 13.4. The maximum absolute atomic E-state index is 5.96. The lowest BCUT2D eigenvalue weighted by Gasteiger charge is -2.26. The highest BCUT2D eigenvalue weighted by molar-refractivity contribution is 14.0. The number of hydrogen-bond donors (Lipinski definition) is 2. The Hall–Kier alpha value is -1.62. The average molecular weight is 556 g/mol. The van der Waals surface area contributed by atoms with Gasteiger partial charge in [0.25, 0.3) is 0 Å². The quantitative estimate of drug-likeness (QED) is 0.181. The minimum atomic E-state index is 0. The molecule has 0 spiro atoms. The summed E-state index contributed by atoms with van der Waals surface area (Å²) in [5.41, 5.74) is 1.20. The van der Waals surface area contributed by atoms with Gasteiger partial charge in [0, 0.05) is 52.3 Å². The zero-order valence-corrected chi connectivity index (χ0v) is 21.3. The lowest BCUT2D eigenvalue weighted by molar-refractivity contribution is 0.0389. The minimum absolute atomic E-state index is 0. The second-order valence-electron chi connectivity index (χ2n) is 7.64. The van der Waals surface area contributed by atoms with Gasteiger partial charge in [-0.05, 0) is 31.0 Å². The molecule has 0 bridgehead atoms. The number of aliphatic imine (C=N–C) groups is 1. The lowest BCUT2D eigenvalue weighted by Crippen LogP contribution is -2.44. The SMILES string of the molecule is CC(OCCCN=C(NCCc1ccco1)NCCN1CCOCC1)c1ccccc1.I. The summed E-state index contributed by atoms with van der Waals surface area (Å²) in [6.07, 6.45) is 3.52. The van der Waals surface area contributed by atoms with E-state index in [2.05, 4.69) is 34.6 Å². The van der Waals surface area contributed by atoms with Crippen LogP contribution in [0.2, 0.25) is 0 Å². The Bertz CT molecular complexity index is 737. The predicted molar refractivity (Wildman–Crippen MR) is 139 cm³/mol. The number of morpholine rings is 1. The van der Waals surface area contributed by atoms with Gasteiger partial charge >= 0.3 is 0 Å². The predicted octanol–water partition coefficient (Wildman–Crippen LogP) is 3.48. The van der Waals surface area contributed by atoms with E-state index in [1.807, 2.05) is 30.3 Å². The molecule has 1 aliphatic heterocycles. The van der Waals surface area contributed by atoms with E-state index >= 15 is 0 Å². The summed E-state index contributed by atoms with van der Waals surface area (Å²) in [7, 11) is 0. The van der Waals surface area contributed by atoms with Gasteiger partial charge in [-0.25, -0.2) is 0 Å². The molecule has 1 aromatic carbocycles. The van der Waals surface area contributed by atoms with E-state index in [4.69, 9.17) is 18.9 Å². The first kappa shape index (κ1) is 26.6. The molecule has 2 aromatic rings. The monoisotopic (exact) mass is 556 g/mol. The highest BCUT2D eigenvalue weighted by Crippen LogP contribution is 2.15. The van der Waals surface area contributed by atoms with Gasteiger partial charge in [-0.3, -0.25) is 9.89 Å². The highest BCUT2D eigenvalue weighted by atomic mass is 127. The molecule has 2 heterocycles. The Morgan fingerprint density at radius 2 is 1.88 bits per heavy atom. The van der Waals surface area contributed by atoms with Crippen molar-refractivity contribution in [2.45, 2.75) is 25.9 Å². The fourth-order valence-electron chi connectivity index (χ4n) is 3.43. The zero-order chi connectivity index (χ0) is 21.6. The molecule has 1 atom stereocenters. The van der Waals surface area contributed by atoms with E-state index in [-0.39, 0.29) is 30.1 Å². The highest BCUT2D eigenvalue weighted by Gasteiger charge is 2.10. The van der Waals surface area contributed by atoms with Crippen LogP contribution in [0.1, 0.15) is 30.8 Å². The molecule has 0 radical (unpaired) electrons. The first-order valence-corrected chi connectivity index (χ1v) is 11.3. The summed E-state index contributed by atoms with van der Waals surface area (Å²) in [5.74, 6) is 1.82. The van der Waals surface area contributed by atoms with E-state index in [1.54, 1.807) is 6.26 Å². The molecule has 3 rings (SSSR count). The maximum Gasteiger partial charge on any atom is 0.191 e. The van der Waals surface area contributed by atoms with Crippen molar-refractivity contribution >= 4 is 29.9 Å². The van der Waals surface area contributed by atoms with Crippen LogP contribution in [0.3, 0.4) is 0 Å². The lowest BCUT2D eigenvalue weighted by atomic mass is 10.1. The van der Waals surface area contributed by atoms with Crippen molar-refractivity contribution in [2.75, 3.05) is 59.1 Å². The molecule has 1 aliphatic rings. The van der Waals surface area contributed by atoms with Crippen LogP contribution < -0.4 is 10.6 Å². The summed E-state index contributed by atoms with van der Waals surface area (Å²) < 4.78 is 16.8. The van der Waals surface area contributed by atoms with E-state index in [0.29, 0.717) is 6.61 Å². The number of nitrogens with zero attached hydrogens (tertiary/aromatic N) is 2. The van der Waals surface area contributed by atoms with Gasteiger partial charge in [-0.1, -0.05) is 30.3 Å².